The van der Waals surface area contributed by atoms with E-state index in [1.807, 2.05) is 24.3 Å². The Morgan fingerprint density at radius 1 is 0.638 bits per heavy atom. The van der Waals surface area contributed by atoms with Crippen molar-refractivity contribution in [3.8, 4) is 39.9 Å². The number of rotatable bonds is 17. The van der Waals surface area contributed by atoms with Crippen LogP contribution in [-0.2, 0) is 14.3 Å². The van der Waals surface area contributed by atoms with Crippen LogP contribution in [0, 0.1) is 0 Å². The number of benzene rings is 4. The minimum atomic E-state index is -0.806. The van der Waals surface area contributed by atoms with E-state index in [2.05, 4.69) is 6.58 Å². The Hall–Kier alpha value is -5.57. The molecule has 0 fully saturated rings. The third-order valence-electron chi connectivity index (χ3n) is 6.98. The third kappa shape index (κ3) is 11.1. The van der Waals surface area contributed by atoms with Gasteiger partial charge in [0.05, 0.1) is 25.9 Å². The fourth-order valence-electron chi connectivity index (χ4n) is 4.37. The Morgan fingerprint density at radius 3 is 1.72 bits per heavy atom. The molecule has 0 saturated heterocycles. The lowest BCUT2D eigenvalue weighted by Gasteiger charge is -2.14. The molecule has 244 valence electrons. The molecule has 0 N–H and O–H groups in total. The van der Waals surface area contributed by atoms with Gasteiger partial charge >= 0.3 is 17.9 Å². The zero-order chi connectivity index (χ0) is 33.4. The minimum Gasteiger partial charge on any atom is -0.497 e. The van der Waals surface area contributed by atoms with Crippen LogP contribution in [0.5, 0.6) is 28.7 Å². The van der Waals surface area contributed by atoms with Crippen molar-refractivity contribution >= 4 is 17.9 Å². The van der Waals surface area contributed by atoms with Crippen molar-refractivity contribution in [3.05, 3.63) is 115 Å². The Kier molecular flexibility index (Phi) is 13.0. The topological polar surface area (TPSA) is 107 Å². The highest BCUT2D eigenvalue weighted by Gasteiger charge is 2.17. The van der Waals surface area contributed by atoms with Gasteiger partial charge in [-0.25, -0.2) is 14.4 Å². The summed E-state index contributed by atoms with van der Waals surface area (Å²) in [6.07, 6.45) is 3.91. The number of hydrogen-bond acceptors (Lipinski definition) is 9. The molecule has 0 spiro atoms. The molecule has 4 aromatic rings. The van der Waals surface area contributed by atoms with Gasteiger partial charge < -0.3 is 28.4 Å². The van der Waals surface area contributed by atoms with E-state index < -0.39 is 24.0 Å². The number of ether oxygens (including phenoxy) is 6. The maximum Gasteiger partial charge on any atom is 0.352 e. The van der Waals surface area contributed by atoms with Crippen molar-refractivity contribution in [3.63, 3.8) is 0 Å². The predicted molar refractivity (Wildman–Crippen MR) is 177 cm³/mol. The number of carbonyl (C=O) groups excluding carboxylic acids is 3. The van der Waals surface area contributed by atoms with Crippen molar-refractivity contribution in [2.45, 2.75) is 38.7 Å². The van der Waals surface area contributed by atoms with Gasteiger partial charge in [-0.05, 0) is 117 Å². The molecule has 0 aliphatic heterocycles. The van der Waals surface area contributed by atoms with Gasteiger partial charge in [0.25, 0.3) is 0 Å². The standard InChI is InChI=1S/C38H38O9/c1-4-36(39)44-26-8-6-5-7-25-43-32-15-13-30(14-16-32)38(41)47-35-19-11-29(12-20-35)28-9-17-34(18-10-28)46-37(40)27(2)45-33-23-21-31(42-3)22-24-33/h4,9-24,27H,1,5-8,25-26H2,2-3H3. The van der Waals surface area contributed by atoms with E-state index in [4.69, 9.17) is 28.4 Å². The fraction of sp³-hybridized carbons (Fsp3) is 0.237. The summed E-state index contributed by atoms with van der Waals surface area (Å²) in [5.41, 5.74) is 2.20. The van der Waals surface area contributed by atoms with E-state index >= 15 is 0 Å². The molecule has 0 aliphatic rings. The lowest BCUT2D eigenvalue weighted by molar-refractivity contribution is -0.141. The Balaban J connectivity index is 1.18. The van der Waals surface area contributed by atoms with Gasteiger partial charge in [-0.15, -0.1) is 0 Å². The van der Waals surface area contributed by atoms with Gasteiger partial charge in [0, 0.05) is 6.08 Å². The van der Waals surface area contributed by atoms with E-state index in [0.717, 1.165) is 42.9 Å². The highest BCUT2D eigenvalue weighted by atomic mass is 16.6. The van der Waals surface area contributed by atoms with Crippen LogP contribution in [0.4, 0.5) is 0 Å². The van der Waals surface area contributed by atoms with Gasteiger partial charge in [-0.2, -0.15) is 0 Å². The molecule has 1 atom stereocenters. The molecule has 4 aromatic carbocycles. The molecule has 0 aliphatic carbocycles. The molecule has 0 aromatic heterocycles. The summed E-state index contributed by atoms with van der Waals surface area (Å²) >= 11 is 0. The van der Waals surface area contributed by atoms with Crippen LogP contribution < -0.4 is 23.7 Å². The molecule has 9 heteroatoms. The molecular weight excluding hydrogens is 600 g/mol. The first-order valence-corrected chi connectivity index (χ1v) is 15.3. The van der Waals surface area contributed by atoms with E-state index in [-0.39, 0.29) is 0 Å². The Morgan fingerprint density at radius 2 is 1.15 bits per heavy atom. The first kappa shape index (κ1) is 34.3. The zero-order valence-electron chi connectivity index (χ0n) is 26.5. The highest BCUT2D eigenvalue weighted by Crippen LogP contribution is 2.26. The second-order valence-electron chi connectivity index (χ2n) is 10.5. The van der Waals surface area contributed by atoms with Crippen molar-refractivity contribution < 1.29 is 42.8 Å². The SMILES string of the molecule is C=CC(=O)OCCCCCCOc1ccc(C(=O)Oc2ccc(-c3ccc(OC(=O)C(C)Oc4ccc(OC)cc4)cc3)cc2)cc1. The molecule has 0 amide bonds. The maximum absolute atomic E-state index is 12.7. The molecule has 47 heavy (non-hydrogen) atoms. The summed E-state index contributed by atoms with van der Waals surface area (Å²) in [4.78, 5) is 36.2. The van der Waals surface area contributed by atoms with E-state index in [9.17, 15) is 14.4 Å². The number of esters is 3. The van der Waals surface area contributed by atoms with Crippen LogP contribution in [0.2, 0.25) is 0 Å². The second-order valence-corrected chi connectivity index (χ2v) is 10.5. The van der Waals surface area contributed by atoms with Crippen LogP contribution in [-0.4, -0.2) is 44.3 Å². The average molecular weight is 639 g/mol. The van der Waals surface area contributed by atoms with Crippen LogP contribution in [0.3, 0.4) is 0 Å². The van der Waals surface area contributed by atoms with Gasteiger partial charge in [0.15, 0.2) is 6.10 Å². The normalized spacial score (nSPS) is 11.1. The van der Waals surface area contributed by atoms with E-state index in [1.54, 1.807) is 86.8 Å². The number of methoxy groups -OCH3 is 1. The summed E-state index contributed by atoms with van der Waals surface area (Å²) in [6, 6.07) is 28.0. The summed E-state index contributed by atoms with van der Waals surface area (Å²) in [5, 5.41) is 0. The quantitative estimate of drug-likeness (QED) is 0.0500. The molecule has 9 nitrogen and oxygen atoms in total. The minimum absolute atomic E-state index is 0.394. The monoisotopic (exact) mass is 638 g/mol. The lowest BCUT2D eigenvalue weighted by atomic mass is 10.1. The Labute approximate surface area is 274 Å². The predicted octanol–water partition coefficient (Wildman–Crippen LogP) is 7.62. The second kappa shape index (κ2) is 17.8. The smallest absolute Gasteiger partial charge is 0.352 e. The molecule has 4 rings (SSSR count). The molecule has 0 heterocycles. The van der Waals surface area contributed by atoms with Gasteiger partial charge in [-0.3, -0.25) is 0 Å². The molecular formula is C38H38O9. The summed E-state index contributed by atoms with van der Waals surface area (Å²) < 4.78 is 32.5. The Bertz CT molecular complexity index is 1590. The number of unbranched alkanes of at least 4 members (excludes halogenated alkanes) is 3. The van der Waals surface area contributed by atoms with Crippen molar-refractivity contribution in [2.24, 2.45) is 0 Å². The first-order chi connectivity index (χ1) is 22.8. The largest absolute Gasteiger partial charge is 0.497 e. The van der Waals surface area contributed by atoms with Crippen LogP contribution in [0.15, 0.2) is 110 Å². The highest BCUT2D eigenvalue weighted by molar-refractivity contribution is 5.91. The van der Waals surface area contributed by atoms with Crippen molar-refractivity contribution in [1.82, 2.24) is 0 Å². The summed E-state index contributed by atoms with van der Waals surface area (Å²) in [7, 11) is 1.58. The third-order valence-corrected chi connectivity index (χ3v) is 6.98. The van der Waals surface area contributed by atoms with Crippen molar-refractivity contribution in [2.75, 3.05) is 20.3 Å². The molecule has 0 radical (unpaired) electrons. The number of hydrogen-bond donors (Lipinski definition) is 0. The van der Waals surface area contributed by atoms with Gasteiger partial charge in [0.2, 0.25) is 0 Å². The molecule has 0 saturated carbocycles. The summed E-state index contributed by atoms with van der Waals surface area (Å²) in [5.74, 6) is 1.31. The molecule has 1 unspecified atom stereocenters. The fourth-order valence-corrected chi connectivity index (χ4v) is 4.37. The average Bonchev–Trinajstić information content (AvgIpc) is 3.10. The summed E-state index contributed by atoms with van der Waals surface area (Å²) in [6.45, 7) is 5.94. The maximum atomic E-state index is 12.7. The van der Waals surface area contributed by atoms with Crippen molar-refractivity contribution in [1.29, 1.82) is 0 Å². The number of carbonyl (C=O) groups is 3. The van der Waals surface area contributed by atoms with E-state index in [1.165, 1.54) is 0 Å². The van der Waals surface area contributed by atoms with Crippen LogP contribution >= 0.6 is 0 Å². The lowest BCUT2D eigenvalue weighted by Crippen LogP contribution is -2.28. The first-order valence-electron chi connectivity index (χ1n) is 15.3. The van der Waals surface area contributed by atoms with Crippen LogP contribution in [0.1, 0.15) is 43.0 Å². The van der Waals surface area contributed by atoms with Gasteiger partial charge in [0.1, 0.15) is 28.7 Å². The van der Waals surface area contributed by atoms with Crippen LogP contribution in [0.25, 0.3) is 11.1 Å². The molecule has 0 bridgehead atoms. The van der Waals surface area contributed by atoms with E-state index in [0.29, 0.717) is 47.5 Å². The van der Waals surface area contributed by atoms with Gasteiger partial charge in [-0.1, -0.05) is 30.8 Å². The zero-order valence-corrected chi connectivity index (χ0v) is 26.5.